The highest BCUT2D eigenvalue weighted by molar-refractivity contribution is 6.05. The van der Waals surface area contributed by atoms with Gasteiger partial charge in [0, 0.05) is 12.7 Å². The van der Waals surface area contributed by atoms with Crippen molar-refractivity contribution in [3.05, 3.63) is 59.7 Å². The number of hydrogen-bond acceptors (Lipinski definition) is 2. The molecule has 0 radical (unpaired) electrons. The van der Waals surface area contributed by atoms with E-state index < -0.39 is 12.0 Å². The molecular weight excluding hydrogens is 268 g/mol. The van der Waals surface area contributed by atoms with E-state index in [9.17, 15) is 9.59 Å². The first-order valence-electron chi connectivity index (χ1n) is 6.43. The molecule has 0 saturated heterocycles. The molecule has 2 aromatic carbocycles. The van der Waals surface area contributed by atoms with Gasteiger partial charge in [0.15, 0.2) is 0 Å². The molecule has 0 saturated carbocycles. The predicted octanol–water partition coefficient (Wildman–Crippen LogP) is 3.36. The van der Waals surface area contributed by atoms with Crippen LogP contribution in [-0.2, 0) is 0 Å². The Morgan fingerprint density at radius 2 is 1.67 bits per heavy atom. The average Bonchev–Trinajstić information content (AvgIpc) is 2.47. The maximum atomic E-state index is 12.3. The number of hydrogen-bond donors (Lipinski definition) is 2. The fourth-order valence-corrected chi connectivity index (χ4v) is 2.03. The molecule has 0 spiro atoms. The second-order valence-corrected chi connectivity index (χ2v) is 4.63. The van der Waals surface area contributed by atoms with Crippen LogP contribution in [0.2, 0.25) is 0 Å². The molecule has 2 rings (SSSR count). The maximum absolute atomic E-state index is 12.3. The summed E-state index contributed by atoms with van der Waals surface area (Å²) in [5.74, 6) is -1.08. The van der Waals surface area contributed by atoms with Gasteiger partial charge in [0.05, 0.1) is 11.3 Å². The van der Waals surface area contributed by atoms with Crippen molar-refractivity contribution >= 4 is 23.4 Å². The van der Waals surface area contributed by atoms with Crippen molar-refractivity contribution in [2.75, 3.05) is 17.3 Å². The van der Waals surface area contributed by atoms with E-state index in [1.165, 1.54) is 11.0 Å². The van der Waals surface area contributed by atoms with E-state index >= 15 is 0 Å². The average molecular weight is 284 g/mol. The number of carboxylic acids is 1. The van der Waals surface area contributed by atoms with Crippen molar-refractivity contribution in [2.24, 2.45) is 0 Å². The van der Waals surface area contributed by atoms with Crippen molar-refractivity contribution < 1.29 is 14.7 Å². The van der Waals surface area contributed by atoms with Crippen molar-refractivity contribution in [3.8, 4) is 0 Å². The summed E-state index contributed by atoms with van der Waals surface area (Å²) < 4.78 is 0. The number of para-hydroxylation sites is 2. The number of nitrogens with zero attached hydrogens (tertiary/aromatic N) is 1. The molecule has 0 bridgehead atoms. The summed E-state index contributed by atoms with van der Waals surface area (Å²) in [5.41, 5.74) is 2.06. The molecule has 0 aliphatic carbocycles. The van der Waals surface area contributed by atoms with Gasteiger partial charge < -0.3 is 10.4 Å². The van der Waals surface area contributed by atoms with Crippen molar-refractivity contribution in [3.63, 3.8) is 0 Å². The normalized spacial score (nSPS) is 10.0. The van der Waals surface area contributed by atoms with Crippen LogP contribution in [0, 0.1) is 6.92 Å². The molecule has 2 aromatic rings. The number of benzene rings is 2. The Bertz CT molecular complexity index is 683. The lowest BCUT2D eigenvalue weighted by Crippen LogP contribution is -2.32. The summed E-state index contributed by atoms with van der Waals surface area (Å²) in [4.78, 5) is 24.8. The van der Waals surface area contributed by atoms with Crippen molar-refractivity contribution in [1.82, 2.24) is 0 Å². The van der Waals surface area contributed by atoms with Crippen LogP contribution in [0.15, 0.2) is 48.5 Å². The Morgan fingerprint density at radius 3 is 2.33 bits per heavy atom. The van der Waals surface area contributed by atoms with Gasteiger partial charge >= 0.3 is 12.0 Å². The number of urea groups is 1. The molecular formula is C16H16N2O3. The van der Waals surface area contributed by atoms with Gasteiger partial charge in [0.1, 0.15) is 0 Å². The third-order valence-electron chi connectivity index (χ3n) is 3.18. The molecule has 21 heavy (non-hydrogen) atoms. The maximum Gasteiger partial charge on any atom is 0.337 e. The number of amides is 2. The largest absolute Gasteiger partial charge is 0.478 e. The molecule has 0 fully saturated rings. The molecule has 0 aromatic heterocycles. The van der Waals surface area contributed by atoms with Crippen LogP contribution >= 0.6 is 0 Å². The van der Waals surface area contributed by atoms with E-state index in [4.69, 9.17) is 5.11 Å². The summed E-state index contributed by atoms with van der Waals surface area (Å²) in [7, 11) is 1.64. The molecule has 5 nitrogen and oxygen atoms in total. The van der Waals surface area contributed by atoms with Gasteiger partial charge in [-0.1, -0.05) is 30.3 Å². The molecule has 0 heterocycles. The van der Waals surface area contributed by atoms with E-state index in [0.29, 0.717) is 0 Å². The van der Waals surface area contributed by atoms with Gasteiger partial charge in [-0.15, -0.1) is 0 Å². The Labute approximate surface area is 122 Å². The second-order valence-electron chi connectivity index (χ2n) is 4.63. The van der Waals surface area contributed by atoms with Gasteiger partial charge in [0.2, 0.25) is 0 Å². The third kappa shape index (κ3) is 3.20. The monoisotopic (exact) mass is 284 g/mol. The summed E-state index contributed by atoms with van der Waals surface area (Å²) in [6.07, 6.45) is 0. The number of carbonyl (C=O) groups is 2. The molecule has 0 aliphatic heterocycles. The van der Waals surface area contributed by atoms with Crippen LogP contribution in [-0.4, -0.2) is 24.2 Å². The van der Waals surface area contributed by atoms with E-state index in [1.807, 2.05) is 31.2 Å². The van der Waals surface area contributed by atoms with Crippen LogP contribution in [0.4, 0.5) is 16.2 Å². The van der Waals surface area contributed by atoms with Crippen LogP contribution in [0.1, 0.15) is 15.9 Å². The lowest BCUT2D eigenvalue weighted by atomic mass is 10.2. The molecule has 0 aliphatic rings. The Morgan fingerprint density at radius 1 is 1.05 bits per heavy atom. The number of carbonyl (C=O) groups excluding carboxylic acids is 1. The van der Waals surface area contributed by atoms with E-state index in [-0.39, 0.29) is 11.3 Å². The van der Waals surface area contributed by atoms with Gasteiger partial charge in [-0.2, -0.15) is 0 Å². The zero-order valence-electron chi connectivity index (χ0n) is 11.8. The van der Waals surface area contributed by atoms with Crippen LogP contribution in [0.5, 0.6) is 0 Å². The minimum atomic E-state index is -1.08. The standard InChI is InChI=1S/C16H16N2O3/c1-11-7-3-6-10-14(11)18(2)16(21)17-13-9-5-4-8-12(13)15(19)20/h3-10H,1-2H3,(H,17,21)(H,19,20). The molecule has 2 amide bonds. The molecule has 0 unspecified atom stereocenters. The molecule has 2 N–H and O–H groups in total. The lowest BCUT2D eigenvalue weighted by molar-refractivity contribution is 0.0698. The highest BCUT2D eigenvalue weighted by atomic mass is 16.4. The summed E-state index contributed by atoms with van der Waals surface area (Å²) in [6.45, 7) is 1.91. The first-order valence-corrected chi connectivity index (χ1v) is 6.43. The SMILES string of the molecule is Cc1ccccc1N(C)C(=O)Nc1ccccc1C(=O)O. The first kappa shape index (κ1) is 14.6. The van der Waals surface area contributed by atoms with Crippen LogP contribution in [0.25, 0.3) is 0 Å². The Kier molecular flexibility index (Phi) is 4.23. The predicted molar refractivity (Wildman–Crippen MR) is 82.0 cm³/mol. The van der Waals surface area contributed by atoms with Crippen molar-refractivity contribution in [2.45, 2.75) is 6.92 Å². The lowest BCUT2D eigenvalue weighted by Gasteiger charge is -2.20. The molecule has 0 atom stereocenters. The van der Waals surface area contributed by atoms with Gasteiger partial charge in [-0.3, -0.25) is 4.90 Å². The highest BCUT2D eigenvalue weighted by Gasteiger charge is 2.16. The third-order valence-corrected chi connectivity index (χ3v) is 3.18. The minimum absolute atomic E-state index is 0.0593. The van der Waals surface area contributed by atoms with Gasteiger partial charge in [-0.05, 0) is 30.7 Å². The van der Waals surface area contributed by atoms with Crippen molar-refractivity contribution in [1.29, 1.82) is 0 Å². The zero-order valence-corrected chi connectivity index (χ0v) is 11.8. The fraction of sp³-hybridized carbons (Fsp3) is 0.125. The highest BCUT2D eigenvalue weighted by Crippen LogP contribution is 2.20. The molecule has 5 heteroatoms. The summed E-state index contributed by atoms with van der Waals surface area (Å²) in [5, 5.41) is 11.7. The van der Waals surface area contributed by atoms with E-state index in [2.05, 4.69) is 5.32 Å². The van der Waals surface area contributed by atoms with E-state index in [1.54, 1.807) is 25.2 Å². The number of anilines is 2. The van der Waals surface area contributed by atoms with Gasteiger partial charge in [0.25, 0.3) is 0 Å². The molecule has 108 valence electrons. The zero-order chi connectivity index (χ0) is 15.4. The number of aromatic carboxylic acids is 1. The van der Waals surface area contributed by atoms with Gasteiger partial charge in [-0.25, -0.2) is 9.59 Å². The number of rotatable bonds is 3. The Hall–Kier alpha value is -2.82. The summed E-state index contributed by atoms with van der Waals surface area (Å²) >= 11 is 0. The fourth-order valence-electron chi connectivity index (χ4n) is 2.03. The van der Waals surface area contributed by atoms with Crippen LogP contribution in [0.3, 0.4) is 0 Å². The van der Waals surface area contributed by atoms with E-state index in [0.717, 1.165) is 11.3 Å². The van der Waals surface area contributed by atoms with Crippen LogP contribution < -0.4 is 10.2 Å². The minimum Gasteiger partial charge on any atom is -0.478 e. The number of aryl methyl sites for hydroxylation is 1. The summed E-state index contributed by atoms with van der Waals surface area (Å²) in [6, 6.07) is 13.4. The Balaban J connectivity index is 2.23. The smallest absolute Gasteiger partial charge is 0.337 e. The topological polar surface area (TPSA) is 69.6 Å². The number of carboxylic acid groups (broad SMARTS) is 1. The quantitative estimate of drug-likeness (QED) is 0.908. The number of nitrogens with one attached hydrogen (secondary N) is 1. The second kappa shape index (κ2) is 6.09. The first-order chi connectivity index (χ1) is 10.0.